The molecule has 5 aromatic carbocycles. The number of aliphatic hydroxyl groups is 2. The molecule has 9 fully saturated rings. The molecule has 125 heavy (non-hydrogen) atoms. The Balaban J connectivity index is 0.000000386. The van der Waals surface area contributed by atoms with Gasteiger partial charge in [0.15, 0.2) is 17.6 Å². The lowest BCUT2D eigenvalue weighted by Crippen LogP contribution is -2.60. The molecule has 8 atom stereocenters. The van der Waals surface area contributed by atoms with Gasteiger partial charge in [-0.3, -0.25) is 19.2 Å². The summed E-state index contributed by atoms with van der Waals surface area (Å²) in [6.45, 7) is 17.4. The number of halogens is 1. The minimum absolute atomic E-state index is 0. The summed E-state index contributed by atoms with van der Waals surface area (Å²) in [6, 6.07) is 24.2. The summed E-state index contributed by atoms with van der Waals surface area (Å²) in [4.78, 5) is 66.1. The first kappa shape index (κ1) is 109. The van der Waals surface area contributed by atoms with E-state index in [9.17, 15) is 48.8 Å². The van der Waals surface area contributed by atoms with Crippen molar-refractivity contribution in [2.75, 3.05) is 62.5 Å². The van der Waals surface area contributed by atoms with Crippen LogP contribution in [0, 0.1) is 52.3 Å². The summed E-state index contributed by atoms with van der Waals surface area (Å²) in [5.74, 6) is 1.67. The van der Waals surface area contributed by atoms with Crippen molar-refractivity contribution in [3.63, 3.8) is 0 Å². The van der Waals surface area contributed by atoms with Crippen molar-refractivity contribution in [1.29, 1.82) is 0 Å². The van der Waals surface area contributed by atoms with E-state index in [4.69, 9.17) is 71.1 Å². The highest BCUT2D eigenvalue weighted by atomic mass is 19.1. The number of esters is 5. The number of alkyl halides is 1. The van der Waals surface area contributed by atoms with E-state index in [0.29, 0.717) is 99.8 Å². The molecule has 4 N–H and O–H groups in total. The number of carbonyl (C=O) groups excluding carboxylic acids is 5. The maximum Gasteiger partial charge on any atom is 0.344 e. The van der Waals surface area contributed by atoms with E-state index < -0.39 is 63.8 Å². The van der Waals surface area contributed by atoms with Gasteiger partial charge in [0.25, 0.3) is 0 Å². The summed E-state index contributed by atoms with van der Waals surface area (Å²) in [6.07, 6.45) is 13.0. The zero-order valence-corrected chi connectivity index (χ0v) is 72.6. The fraction of sp³-hybridized carbons (Fsp3) is 0.650. The number of carbonyl (C=O) groups is 5. The predicted molar refractivity (Wildman–Crippen MR) is 480 cm³/mol. The van der Waals surface area contributed by atoms with Crippen LogP contribution in [0.1, 0.15) is 284 Å². The molecule has 8 unspecified atom stereocenters. The number of benzene rings is 5. The van der Waals surface area contributed by atoms with Gasteiger partial charge in [-0.05, 0) is 204 Å². The number of aromatic hydroxyl groups is 2. The molecular weight excluding hydrogens is 1600 g/mol. The maximum atomic E-state index is 14.7. The Morgan fingerprint density at radius 3 is 1.42 bits per heavy atom. The summed E-state index contributed by atoms with van der Waals surface area (Å²) >= 11 is 0. The number of methoxy groups -OCH3 is 6. The SMILES string of the molecule is C.C.C.C.C.C.CCC(C)(C)C(=O)OC12CC3CC(C1)CC(C(=O)OC(COCc1cc(CO)c(O)c(CO)c1O)c1ccccc1)(C3)C2.CCC(C)(C)C(=O)Oc1ccccc1OC1CCCCC1Oc1c(COC)cc(C)cc1COC.CCC(C)(F)C(=O)OC12CC3CC(C1)CC(C(=O)OCCOCc1cc(COC)c(OC)c(COC)c1OC)(C3)C2. The molecule has 8 bridgehead atoms. The minimum atomic E-state index is -2.03. The summed E-state index contributed by atoms with van der Waals surface area (Å²) < 4.78 is 103. The third-order valence-corrected chi connectivity index (χ3v) is 25.7. The Hall–Kier alpha value is -8.14. The molecule has 0 radical (unpaired) electrons. The second kappa shape index (κ2) is 47.8. The number of ether oxygens (including phenoxy) is 15. The molecule has 0 aliphatic heterocycles. The Kier molecular flexibility index (Phi) is 41.7. The normalized spacial score (nSPS) is 23.4. The van der Waals surface area contributed by atoms with Crippen LogP contribution < -0.4 is 23.7 Å². The number of para-hydroxylation sites is 2. The van der Waals surface area contributed by atoms with E-state index in [0.717, 1.165) is 122 Å². The molecule has 704 valence electrons. The van der Waals surface area contributed by atoms with Crippen LogP contribution in [0.3, 0.4) is 0 Å². The Morgan fingerprint density at radius 1 is 0.480 bits per heavy atom. The highest BCUT2D eigenvalue weighted by Gasteiger charge is 2.65. The molecule has 9 saturated carbocycles. The van der Waals surface area contributed by atoms with E-state index in [1.165, 1.54) is 13.0 Å². The Morgan fingerprint density at radius 2 is 0.928 bits per heavy atom. The van der Waals surface area contributed by atoms with Crippen molar-refractivity contribution >= 4 is 29.8 Å². The first-order chi connectivity index (χ1) is 56.8. The third kappa shape index (κ3) is 25.9. The number of rotatable bonds is 38. The van der Waals surface area contributed by atoms with Gasteiger partial charge >= 0.3 is 29.8 Å². The average molecular weight is 1760 g/mol. The maximum absolute atomic E-state index is 14.7. The molecule has 0 amide bonds. The molecule has 9 aliphatic rings. The van der Waals surface area contributed by atoms with Crippen LogP contribution in [0.5, 0.6) is 40.2 Å². The molecular formula is C100H153FO24. The van der Waals surface area contributed by atoms with Crippen LogP contribution in [0.2, 0.25) is 0 Å². The van der Waals surface area contributed by atoms with Gasteiger partial charge in [0, 0.05) is 74.7 Å². The predicted octanol–water partition coefficient (Wildman–Crippen LogP) is 20.5. The molecule has 0 spiro atoms. The standard InChI is InChI=1S/C34H44O9.C31H45FO9.C29H40O6.6CH4/c1-4-32(2,3)30(39)43-34-14-21-10-22(15-34)13-33(12-21,20-34)31(40)42-27(23-8-6-5-7-9-23)19-41-18-25-11-24(16-35)28(37)26(17-36)29(25)38;1-7-29(2,32)27(33)41-31-14-20-10-21(15-31)13-30(12-20,19-31)28(34)40-9-8-39-17-23-11-22(16-35-3)25(37-5)24(18-36-4)26(23)38-6;1-7-29(3,4)28(30)35-26-15-11-9-13-24(26)33-23-12-8-10-14-25(23)34-27-21(18-31-5)16-20(2)17-22(27)19-32-6;;;;;;/h5-9,11,21-22,27,35-38H,4,10,12-20H2,1-3H3;11,20-21H,7-10,12-19H2,1-6H3;9,11,13,15-17,23,25H,7-8,10,12,14,18-19H2,1-6H3;6*1H4. The van der Waals surface area contributed by atoms with E-state index in [1.807, 2.05) is 96.1 Å². The minimum Gasteiger partial charge on any atom is -0.507 e. The topological polar surface area (TPSA) is 305 Å². The Bertz CT molecular complexity index is 4210. The van der Waals surface area contributed by atoms with Crippen molar-refractivity contribution in [2.45, 2.75) is 317 Å². The zero-order valence-electron chi connectivity index (χ0n) is 72.6. The number of aryl methyl sites for hydroxylation is 1. The lowest BCUT2D eigenvalue weighted by atomic mass is 9.48. The van der Waals surface area contributed by atoms with E-state index in [2.05, 4.69) is 19.1 Å². The van der Waals surface area contributed by atoms with Crippen molar-refractivity contribution in [3.8, 4) is 40.2 Å². The largest absolute Gasteiger partial charge is 0.507 e. The zero-order chi connectivity index (χ0) is 86.3. The average Bonchev–Trinajstić information content (AvgIpc) is 0.718. The lowest BCUT2D eigenvalue weighted by molar-refractivity contribution is -0.220. The van der Waals surface area contributed by atoms with Gasteiger partial charge in [-0.15, -0.1) is 0 Å². The highest BCUT2D eigenvalue weighted by molar-refractivity contribution is 5.82. The van der Waals surface area contributed by atoms with Crippen molar-refractivity contribution < 1.29 is 120 Å². The number of hydrogen-bond donors (Lipinski definition) is 4. The number of phenols is 2. The second-order valence-corrected chi connectivity index (χ2v) is 35.7. The molecule has 0 aromatic heterocycles. The first-order valence-corrected chi connectivity index (χ1v) is 42.3. The van der Waals surface area contributed by atoms with Crippen LogP contribution in [-0.4, -0.2) is 142 Å². The van der Waals surface area contributed by atoms with Crippen LogP contribution in [0.15, 0.2) is 78.9 Å². The van der Waals surface area contributed by atoms with Gasteiger partial charge < -0.3 is 91.5 Å². The smallest absolute Gasteiger partial charge is 0.344 e. The monoisotopic (exact) mass is 1760 g/mol. The van der Waals surface area contributed by atoms with E-state index in [-0.39, 0.29) is 160 Å². The summed E-state index contributed by atoms with van der Waals surface area (Å²) in [7, 11) is 9.77. The molecule has 25 heteroatoms. The van der Waals surface area contributed by atoms with Crippen molar-refractivity contribution in [2.24, 2.45) is 45.3 Å². The van der Waals surface area contributed by atoms with E-state index in [1.54, 1.807) is 55.6 Å². The van der Waals surface area contributed by atoms with Gasteiger partial charge in [0.2, 0.25) is 5.67 Å². The summed E-state index contributed by atoms with van der Waals surface area (Å²) in [5, 5.41) is 40.0. The highest BCUT2D eigenvalue weighted by Crippen LogP contribution is 2.65. The molecule has 0 heterocycles. The summed E-state index contributed by atoms with van der Waals surface area (Å²) in [5.41, 5.74) is 0.611. The molecule has 0 saturated heterocycles. The van der Waals surface area contributed by atoms with Gasteiger partial charge in [-0.1, -0.05) is 125 Å². The quantitative estimate of drug-likeness (QED) is 0.0123. The molecule has 24 nitrogen and oxygen atoms in total. The van der Waals surface area contributed by atoms with Crippen LogP contribution in [-0.2, 0) is 124 Å². The van der Waals surface area contributed by atoms with Crippen molar-refractivity contribution in [3.05, 3.63) is 134 Å². The van der Waals surface area contributed by atoms with Crippen molar-refractivity contribution in [1.82, 2.24) is 0 Å². The molecule has 5 aromatic rings. The third-order valence-electron chi connectivity index (χ3n) is 25.7. The van der Waals surface area contributed by atoms with Gasteiger partial charge in [0.1, 0.15) is 58.8 Å². The van der Waals surface area contributed by atoms with Crippen LogP contribution in [0.25, 0.3) is 0 Å². The number of aliphatic hydroxyl groups excluding tert-OH is 2. The van der Waals surface area contributed by atoms with Gasteiger partial charge in [-0.25, -0.2) is 9.18 Å². The van der Waals surface area contributed by atoms with Crippen LogP contribution >= 0.6 is 0 Å². The molecule has 14 rings (SSSR count). The fourth-order valence-corrected chi connectivity index (χ4v) is 19.4. The Labute approximate surface area is 745 Å². The van der Waals surface area contributed by atoms with Gasteiger partial charge in [0.05, 0.1) is 113 Å². The number of hydrogen-bond acceptors (Lipinski definition) is 24. The first-order valence-electron chi connectivity index (χ1n) is 42.3. The molecule has 9 aliphatic carbocycles. The van der Waals surface area contributed by atoms with Crippen LogP contribution in [0.4, 0.5) is 4.39 Å². The fourth-order valence-electron chi connectivity index (χ4n) is 19.4. The lowest BCUT2D eigenvalue weighted by Gasteiger charge is -2.60. The van der Waals surface area contributed by atoms with Gasteiger partial charge in [-0.2, -0.15) is 0 Å². The second-order valence-electron chi connectivity index (χ2n) is 35.7. The van der Waals surface area contributed by atoms with E-state index >= 15 is 0 Å².